The molecule has 8 heteroatoms. The van der Waals surface area contributed by atoms with Crippen LogP contribution in [0.1, 0.15) is 48.5 Å². The van der Waals surface area contributed by atoms with E-state index in [1.807, 2.05) is 5.38 Å². The number of nitrogens with one attached hydrogen (secondary N) is 2. The Morgan fingerprint density at radius 3 is 2.65 bits per heavy atom. The SMILES string of the molecule is CCOC(=O)c1c(C2CC2)csc1NC(=O)C(=O)NC[C@@H](C)O. The fraction of sp³-hybridized carbons (Fsp3) is 0.533. The minimum atomic E-state index is -0.875. The number of rotatable bonds is 6. The van der Waals surface area contributed by atoms with Gasteiger partial charge in [0.25, 0.3) is 0 Å². The van der Waals surface area contributed by atoms with E-state index >= 15 is 0 Å². The highest BCUT2D eigenvalue weighted by atomic mass is 32.1. The minimum Gasteiger partial charge on any atom is -0.462 e. The summed E-state index contributed by atoms with van der Waals surface area (Å²) in [5.74, 6) is -1.90. The molecule has 1 saturated carbocycles. The Hall–Kier alpha value is -1.93. The molecule has 1 atom stereocenters. The number of anilines is 1. The van der Waals surface area contributed by atoms with E-state index in [9.17, 15) is 14.4 Å². The average Bonchev–Trinajstić information content (AvgIpc) is 3.26. The molecule has 2 amide bonds. The highest BCUT2D eigenvalue weighted by Gasteiger charge is 2.32. The molecule has 7 nitrogen and oxygen atoms in total. The number of carbonyl (C=O) groups excluding carboxylic acids is 3. The fourth-order valence-electron chi connectivity index (χ4n) is 2.05. The van der Waals surface area contributed by atoms with Crippen LogP contribution in [0.5, 0.6) is 0 Å². The molecule has 1 heterocycles. The molecule has 1 aliphatic rings. The van der Waals surface area contributed by atoms with Gasteiger partial charge in [0.15, 0.2) is 0 Å². The van der Waals surface area contributed by atoms with Gasteiger partial charge in [0.05, 0.1) is 18.3 Å². The van der Waals surface area contributed by atoms with Crippen LogP contribution in [-0.4, -0.2) is 42.1 Å². The molecular formula is C15H20N2O5S. The summed E-state index contributed by atoms with van der Waals surface area (Å²) < 4.78 is 5.05. The van der Waals surface area contributed by atoms with Crippen molar-refractivity contribution in [2.24, 2.45) is 0 Å². The van der Waals surface area contributed by atoms with Gasteiger partial charge in [-0.3, -0.25) is 9.59 Å². The molecule has 0 spiro atoms. The Labute approximate surface area is 138 Å². The zero-order valence-corrected chi connectivity index (χ0v) is 13.9. The lowest BCUT2D eigenvalue weighted by atomic mass is 10.1. The van der Waals surface area contributed by atoms with E-state index in [0.29, 0.717) is 16.5 Å². The molecule has 3 N–H and O–H groups in total. The molecule has 1 fully saturated rings. The Morgan fingerprint density at radius 2 is 2.09 bits per heavy atom. The first-order chi connectivity index (χ1) is 10.9. The van der Waals surface area contributed by atoms with Gasteiger partial charge in [0, 0.05) is 6.54 Å². The van der Waals surface area contributed by atoms with Crippen molar-refractivity contribution < 1.29 is 24.2 Å². The van der Waals surface area contributed by atoms with Crippen LogP contribution >= 0.6 is 11.3 Å². The van der Waals surface area contributed by atoms with Crippen LogP contribution in [0.2, 0.25) is 0 Å². The van der Waals surface area contributed by atoms with Gasteiger partial charge in [-0.1, -0.05) is 0 Å². The van der Waals surface area contributed by atoms with Crippen molar-refractivity contribution in [2.75, 3.05) is 18.5 Å². The van der Waals surface area contributed by atoms with Crippen LogP contribution in [0.15, 0.2) is 5.38 Å². The number of carbonyl (C=O) groups is 3. The molecule has 1 aromatic heterocycles. The van der Waals surface area contributed by atoms with Crippen molar-refractivity contribution in [2.45, 2.75) is 38.7 Å². The normalized spacial score (nSPS) is 14.9. The lowest BCUT2D eigenvalue weighted by molar-refractivity contribution is -0.136. The van der Waals surface area contributed by atoms with Crippen LogP contribution < -0.4 is 10.6 Å². The van der Waals surface area contributed by atoms with Gasteiger partial charge in [-0.25, -0.2) is 4.79 Å². The summed E-state index contributed by atoms with van der Waals surface area (Å²) in [5.41, 5.74) is 1.21. The molecule has 126 valence electrons. The number of hydrogen-bond acceptors (Lipinski definition) is 6. The third kappa shape index (κ3) is 4.52. The van der Waals surface area contributed by atoms with E-state index in [0.717, 1.165) is 18.4 Å². The quantitative estimate of drug-likeness (QED) is 0.534. The molecule has 0 bridgehead atoms. The largest absolute Gasteiger partial charge is 0.462 e. The minimum absolute atomic E-state index is 0.0191. The maximum atomic E-state index is 12.1. The monoisotopic (exact) mass is 340 g/mol. The molecule has 0 radical (unpaired) electrons. The first-order valence-corrected chi connectivity index (χ1v) is 8.37. The maximum absolute atomic E-state index is 12.1. The van der Waals surface area contributed by atoms with Crippen LogP contribution in [0.25, 0.3) is 0 Å². The van der Waals surface area contributed by atoms with Crippen molar-refractivity contribution >= 4 is 34.1 Å². The second-order valence-electron chi connectivity index (χ2n) is 5.40. The molecule has 0 aliphatic heterocycles. The van der Waals surface area contributed by atoms with Crippen LogP contribution in [0, 0.1) is 0 Å². The Balaban J connectivity index is 2.11. The topological polar surface area (TPSA) is 105 Å². The molecule has 1 aliphatic carbocycles. The predicted molar refractivity (Wildman–Crippen MR) is 85.6 cm³/mol. The van der Waals surface area contributed by atoms with E-state index < -0.39 is 23.9 Å². The first-order valence-electron chi connectivity index (χ1n) is 7.49. The number of esters is 1. The maximum Gasteiger partial charge on any atom is 0.341 e. The summed E-state index contributed by atoms with van der Waals surface area (Å²) in [7, 11) is 0. The fourth-order valence-corrected chi connectivity index (χ4v) is 3.08. The third-order valence-electron chi connectivity index (χ3n) is 3.31. The van der Waals surface area contributed by atoms with Crippen LogP contribution in [0.3, 0.4) is 0 Å². The van der Waals surface area contributed by atoms with Gasteiger partial charge in [-0.05, 0) is 43.6 Å². The standard InChI is InChI=1S/C15H20N2O5S/c1-3-22-15(21)11-10(9-4-5-9)7-23-14(11)17-13(20)12(19)16-6-8(2)18/h7-9,18H,3-6H2,1-2H3,(H,16,19)(H,17,20)/t8-/m1/s1. The predicted octanol–water partition coefficient (Wildman–Crippen LogP) is 1.24. The van der Waals surface area contributed by atoms with Crippen LogP contribution in [0.4, 0.5) is 5.00 Å². The number of aliphatic hydroxyl groups excluding tert-OH is 1. The van der Waals surface area contributed by atoms with Crippen molar-refractivity contribution in [1.82, 2.24) is 5.32 Å². The van der Waals surface area contributed by atoms with E-state index in [4.69, 9.17) is 9.84 Å². The molecule has 2 rings (SSSR count). The van der Waals surface area contributed by atoms with Crippen molar-refractivity contribution in [3.05, 3.63) is 16.5 Å². The first kappa shape index (κ1) is 17.4. The molecule has 1 aromatic rings. The van der Waals surface area contributed by atoms with Gasteiger partial charge >= 0.3 is 17.8 Å². The molecule has 23 heavy (non-hydrogen) atoms. The van der Waals surface area contributed by atoms with E-state index in [-0.39, 0.29) is 13.2 Å². The Bertz CT molecular complexity index is 607. The molecule has 0 unspecified atom stereocenters. The lowest BCUT2D eigenvalue weighted by Gasteiger charge is -2.09. The van der Waals surface area contributed by atoms with E-state index in [1.165, 1.54) is 18.3 Å². The highest BCUT2D eigenvalue weighted by molar-refractivity contribution is 7.15. The summed E-state index contributed by atoms with van der Waals surface area (Å²) in [5, 5.41) is 16.0. The van der Waals surface area contributed by atoms with Gasteiger partial charge in [-0.2, -0.15) is 0 Å². The summed E-state index contributed by atoms with van der Waals surface area (Å²) in [6, 6.07) is 0. The van der Waals surface area contributed by atoms with Crippen LogP contribution in [-0.2, 0) is 14.3 Å². The number of amides is 2. The third-order valence-corrected chi connectivity index (χ3v) is 4.22. The molecule has 0 saturated heterocycles. The smallest absolute Gasteiger partial charge is 0.341 e. The van der Waals surface area contributed by atoms with E-state index in [2.05, 4.69) is 10.6 Å². The summed E-state index contributed by atoms with van der Waals surface area (Å²) in [4.78, 5) is 35.7. The average molecular weight is 340 g/mol. The van der Waals surface area contributed by atoms with Crippen molar-refractivity contribution in [1.29, 1.82) is 0 Å². The lowest BCUT2D eigenvalue weighted by Crippen LogP contribution is -2.38. The van der Waals surface area contributed by atoms with Gasteiger partial charge in [-0.15, -0.1) is 11.3 Å². The number of ether oxygens (including phenoxy) is 1. The van der Waals surface area contributed by atoms with E-state index in [1.54, 1.807) is 6.92 Å². The van der Waals surface area contributed by atoms with Gasteiger partial charge < -0.3 is 20.5 Å². The van der Waals surface area contributed by atoms with Gasteiger partial charge in [0.1, 0.15) is 5.00 Å². The highest BCUT2D eigenvalue weighted by Crippen LogP contribution is 2.46. The van der Waals surface area contributed by atoms with Crippen molar-refractivity contribution in [3.63, 3.8) is 0 Å². The zero-order valence-electron chi connectivity index (χ0n) is 13.0. The molecule has 0 aromatic carbocycles. The number of hydrogen-bond donors (Lipinski definition) is 3. The Morgan fingerprint density at radius 1 is 1.39 bits per heavy atom. The number of aliphatic hydroxyl groups is 1. The van der Waals surface area contributed by atoms with Crippen molar-refractivity contribution in [3.8, 4) is 0 Å². The summed E-state index contributed by atoms with van der Waals surface area (Å²) in [6.45, 7) is 3.43. The summed E-state index contributed by atoms with van der Waals surface area (Å²) >= 11 is 1.21. The second-order valence-corrected chi connectivity index (χ2v) is 6.28. The second kappa shape index (κ2) is 7.56. The zero-order chi connectivity index (χ0) is 17.0. The van der Waals surface area contributed by atoms with Gasteiger partial charge in [0.2, 0.25) is 0 Å². The summed E-state index contributed by atoms with van der Waals surface area (Å²) in [6.07, 6.45) is 1.27. The Kier molecular flexibility index (Phi) is 5.73. The molecular weight excluding hydrogens is 320 g/mol. The number of thiophene rings is 1.